The van der Waals surface area contributed by atoms with Crippen LogP contribution in [0.25, 0.3) is 0 Å². The number of piperidine rings is 1. The van der Waals surface area contributed by atoms with E-state index in [2.05, 4.69) is 41.2 Å². The number of rotatable bonds is 7. The van der Waals surface area contributed by atoms with Crippen LogP contribution in [0.5, 0.6) is 0 Å². The van der Waals surface area contributed by atoms with E-state index < -0.39 is 0 Å². The van der Waals surface area contributed by atoms with Gasteiger partial charge in [-0.2, -0.15) is 11.8 Å². The Hall–Kier alpha value is -0.100. The molecule has 0 amide bonds. The molecule has 1 fully saturated rings. The fourth-order valence-corrected chi connectivity index (χ4v) is 4.26. The van der Waals surface area contributed by atoms with Crippen LogP contribution in [0.3, 0.4) is 0 Å². The lowest BCUT2D eigenvalue weighted by atomic mass is 10.2. The lowest BCUT2D eigenvalue weighted by molar-refractivity contribution is 0.530. The zero-order chi connectivity index (χ0) is 13.5. The van der Waals surface area contributed by atoms with E-state index >= 15 is 0 Å². The van der Waals surface area contributed by atoms with Crippen molar-refractivity contribution in [1.29, 1.82) is 0 Å². The molecule has 0 spiro atoms. The van der Waals surface area contributed by atoms with Gasteiger partial charge in [0, 0.05) is 28.6 Å². The van der Waals surface area contributed by atoms with E-state index in [9.17, 15) is 0 Å². The van der Waals surface area contributed by atoms with Gasteiger partial charge in [-0.15, -0.1) is 11.3 Å². The van der Waals surface area contributed by atoms with Crippen LogP contribution in [0.1, 0.15) is 42.6 Å². The summed E-state index contributed by atoms with van der Waals surface area (Å²) in [6.45, 7) is 7.87. The zero-order valence-corrected chi connectivity index (χ0v) is 13.6. The number of hydrogen-bond donors (Lipinski definition) is 2. The normalized spacial score (nSPS) is 18.6. The van der Waals surface area contributed by atoms with Gasteiger partial charge in [0.15, 0.2) is 0 Å². The first-order valence-electron chi connectivity index (χ1n) is 7.30. The Kier molecular flexibility index (Phi) is 6.64. The van der Waals surface area contributed by atoms with Gasteiger partial charge < -0.3 is 10.6 Å². The molecule has 0 aromatic carbocycles. The van der Waals surface area contributed by atoms with Crippen LogP contribution in [0.4, 0.5) is 0 Å². The summed E-state index contributed by atoms with van der Waals surface area (Å²) in [6, 6.07) is 0.388. The van der Waals surface area contributed by atoms with Gasteiger partial charge >= 0.3 is 0 Å². The molecule has 1 aliphatic heterocycles. The van der Waals surface area contributed by atoms with Crippen molar-refractivity contribution in [3.63, 3.8) is 0 Å². The molecule has 1 saturated heterocycles. The van der Waals surface area contributed by atoms with E-state index in [0.29, 0.717) is 6.04 Å². The van der Waals surface area contributed by atoms with Crippen molar-refractivity contribution in [3.8, 4) is 0 Å². The van der Waals surface area contributed by atoms with Gasteiger partial charge in [0.05, 0.1) is 6.04 Å². The predicted molar refractivity (Wildman–Crippen MR) is 86.3 cm³/mol. The molecule has 0 radical (unpaired) electrons. The number of thiazole rings is 1. The van der Waals surface area contributed by atoms with Crippen LogP contribution in [0, 0.1) is 0 Å². The SMILES string of the molecule is CCc1cnc(C(C)NCCSC2CCNCC2)s1. The third-order valence-electron chi connectivity index (χ3n) is 3.48. The fraction of sp³-hybridized carbons (Fsp3) is 0.786. The third kappa shape index (κ3) is 5.06. The van der Waals surface area contributed by atoms with Crippen molar-refractivity contribution in [2.75, 3.05) is 25.4 Å². The van der Waals surface area contributed by atoms with E-state index in [1.165, 1.54) is 41.6 Å². The van der Waals surface area contributed by atoms with Crippen LogP contribution >= 0.6 is 23.1 Å². The maximum atomic E-state index is 4.50. The second-order valence-electron chi connectivity index (χ2n) is 5.01. The molecule has 108 valence electrons. The molecule has 2 N–H and O–H groups in total. The smallest absolute Gasteiger partial charge is 0.109 e. The van der Waals surface area contributed by atoms with E-state index in [-0.39, 0.29) is 0 Å². The topological polar surface area (TPSA) is 37.0 Å². The maximum Gasteiger partial charge on any atom is 0.109 e. The van der Waals surface area contributed by atoms with Crippen molar-refractivity contribution < 1.29 is 0 Å². The summed E-state index contributed by atoms with van der Waals surface area (Å²) in [5.41, 5.74) is 0. The van der Waals surface area contributed by atoms with E-state index in [4.69, 9.17) is 0 Å². The average molecular weight is 300 g/mol. The second-order valence-corrected chi connectivity index (χ2v) is 7.57. The highest BCUT2D eigenvalue weighted by molar-refractivity contribution is 7.99. The van der Waals surface area contributed by atoms with Gasteiger partial charge in [-0.1, -0.05) is 6.92 Å². The number of aryl methyl sites for hydroxylation is 1. The Morgan fingerprint density at radius 3 is 3.00 bits per heavy atom. The summed E-state index contributed by atoms with van der Waals surface area (Å²) in [5.74, 6) is 1.21. The van der Waals surface area contributed by atoms with Crippen LogP contribution in [-0.4, -0.2) is 35.6 Å². The Bertz CT molecular complexity index is 361. The summed E-state index contributed by atoms with van der Waals surface area (Å²) in [4.78, 5) is 5.88. The molecule has 2 heterocycles. The van der Waals surface area contributed by atoms with Crippen LogP contribution in [0.2, 0.25) is 0 Å². The number of nitrogens with one attached hydrogen (secondary N) is 2. The first kappa shape index (κ1) is 15.3. The molecule has 1 aromatic rings. The van der Waals surface area contributed by atoms with Crippen molar-refractivity contribution >= 4 is 23.1 Å². The zero-order valence-electron chi connectivity index (χ0n) is 11.9. The minimum Gasteiger partial charge on any atom is -0.317 e. The number of hydrogen-bond acceptors (Lipinski definition) is 5. The molecule has 1 atom stereocenters. The molecule has 5 heteroatoms. The molecule has 2 rings (SSSR count). The molecule has 1 aromatic heterocycles. The van der Waals surface area contributed by atoms with Crippen LogP contribution < -0.4 is 10.6 Å². The molecule has 1 unspecified atom stereocenters. The minimum absolute atomic E-state index is 0.388. The summed E-state index contributed by atoms with van der Waals surface area (Å²) < 4.78 is 0. The number of aromatic nitrogens is 1. The standard InChI is InChI=1S/C14H25N3S2/c1-3-12-10-17-14(19-12)11(2)16-8-9-18-13-4-6-15-7-5-13/h10-11,13,15-16H,3-9H2,1-2H3. The Morgan fingerprint density at radius 1 is 1.53 bits per heavy atom. The number of nitrogens with zero attached hydrogens (tertiary/aromatic N) is 1. The molecule has 3 nitrogen and oxygen atoms in total. The van der Waals surface area contributed by atoms with Crippen molar-refractivity contribution in [2.45, 2.75) is 44.4 Å². The summed E-state index contributed by atoms with van der Waals surface area (Å²) in [6.07, 6.45) is 5.76. The number of thioether (sulfide) groups is 1. The summed E-state index contributed by atoms with van der Waals surface area (Å²) in [7, 11) is 0. The van der Waals surface area contributed by atoms with Crippen LogP contribution in [0.15, 0.2) is 6.20 Å². The molecule has 19 heavy (non-hydrogen) atoms. The van der Waals surface area contributed by atoms with E-state index in [1.807, 2.05) is 17.5 Å². The van der Waals surface area contributed by atoms with Gasteiger partial charge in [-0.3, -0.25) is 0 Å². The van der Waals surface area contributed by atoms with Crippen LogP contribution in [-0.2, 0) is 6.42 Å². The minimum atomic E-state index is 0.388. The van der Waals surface area contributed by atoms with E-state index in [1.54, 1.807) is 0 Å². The Balaban J connectivity index is 1.61. The molecule has 1 aliphatic rings. The molecule has 0 saturated carbocycles. The average Bonchev–Trinajstić information content (AvgIpc) is 2.93. The maximum absolute atomic E-state index is 4.50. The highest BCUT2D eigenvalue weighted by Crippen LogP contribution is 2.21. The highest BCUT2D eigenvalue weighted by atomic mass is 32.2. The van der Waals surface area contributed by atoms with Crippen molar-refractivity contribution in [3.05, 3.63) is 16.1 Å². The highest BCUT2D eigenvalue weighted by Gasteiger charge is 2.13. The molecular formula is C14H25N3S2. The lowest BCUT2D eigenvalue weighted by Crippen LogP contribution is -2.30. The van der Waals surface area contributed by atoms with Gasteiger partial charge in [0.1, 0.15) is 5.01 Å². The van der Waals surface area contributed by atoms with Gasteiger partial charge in [0.2, 0.25) is 0 Å². The van der Waals surface area contributed by atoms with Gasteiger partial charge in [-0.25, -0.2) is 4.98 Å². The molecule has 0 bridgehead atoms. The van der Waals surface area contributed by atoms with Gasteiger partial charge in [0.25, 0.3) is 0 Å². The largest absolute Gasteiger partial charge is 0.317 e. The monoisotopic (exact) mass is 299 g/mol. The van der Waals surface area contributed by atoms with Crippen molar-refractivity contribution in [2.24, 2.45) is 0 Å². The fourth-order valence-electron chi connectivity index (χ4n) is 2.24. The lowest BCUT2D eigenvalue weighted by Gasteiger charge is -2.22. The summed E-state index contributed by atoms with van der Waals surface area (Å²) >= 11 is 3.96. The first-order chi connectivity index (χ1) is 9.29. The second kappa shape index (κ2) is 8.25. The molecular weight excluding hydrogens is 274 g/mol. The molecule has 0 aliphatic carbocycles. The van der Waals surface area contributed by atoms with Crippen molar-refractivity contribution in [1.82, 2.24) is 15.6 Å². The predicted octanol–water partition coefficient (Wildman–Crippen LogP) is 2.84. The first-order valence-corrected chi connectivity index (χ1v) is 9.16. The third-order valence-corrected chi connectivity index (χ3v) is 6.19. The summed E-state index contributed by atoms with van der Waals surface area (Å²) in [5, 5.41) is 9.10. The quantitative estimate of drug-likeness (QED) is 0.759. The van der Waals surface area contributed by atoms with Gasteiger partial charge in [-0.05, 0) is 39.3 Å². The van der Waals surface area contributed by atoms with E-state index in [0.717, 1.165) is 18.2 Å². The Morgan fingerprint density at radius 2 is 2.32 bits per heavy atom. The Labute approximate surface area is 125 Å².